The monoisotopic (exact) mass is 389 g/mol. The van der Waals surface area contributed by atoms with Crippen LogP contribution in [0.2, 0.25) is 0 Å². The Kier molecular flexibility index (Phi) is 5.26. The maximum absolute atomic E-state index is 12.0. The molecule has 114 valence electrons. The number of nitrogen functional groups attached to an aromatic ring is 1. The third-order valence-electron chi connectivity index (χ3n) is 2.88. The molecule has 21 heavy (non-hydrogen) atoms. The van der Waals surface area contributed by atoms with Crippen molar-refractivity contribution < 1.29 is 8.42 Å². The second-order valence-corrected chi connectivity index (χ2v) is 8.75. The molecule has 4 N–H and O–H groups in total. The van der Waals surface area contributed by atoms with Crippen LogP contribution in [0, 0.1) is 0 Å². The Labute approximate surface area is 136 Å². The van der Waals surface area contributed by atoms with Gasteiger partial charge in [-0.25, -0.2) is 13.1 Å². The Morgan fingerprint density at radius 2 is 2.05 bits per heavy atom. The van der Waals surface area contributed by atoms with E-state index in [1.54, 1.807) is 23.5 Å². The minimum absolute atomic E-state index is 0.164. The molecule has 0 aliphatic heterocycles. The summed E-state index contributed by atoms with van der Waals surface area (Å²) >= 11 is 5.09. The summed E-state index contributed by atoms with van der Waals surface area (Å²) in [7, 11) is -2.16. The van der Waals surface area contributed by atoms with E-state index in [0.29, 0.717) is 17.9 Å². The number of sulfonamides is 1. The summed E-state index contributed by atoms with van der Waals surface area (Å²) in [6.07, 6.45) is 0.819. The lowest BCUT2D eigenvalue weighted by atomic mass is 10.2. The molecular formula is C13H16BrN3O2S2. The maximum Gasteiger partial charge on any atom is 0.242 e. The van der Waals surface area contributed by atoms with E-state index < -0.39 is 10.0 Å². The fraction of sp³-hybridized carbons (Fsp3) is 0.231. The van der Waals surface area contributed by atoms with Gasteiger partial charge in [-0.3, -0.25) is 0 Å². The van der Waals surface area contributed by atoms with Crippen LogP contribution in [-0.4, -0.2) is 22.0 Å². The zero-order valence-corrected chi connectivity index (χ0v) is 14.6. The van der Waals surface area contributed by atoms with Gasteiger partial charge in [-0.1, -0.05) is 0 Å². The van der Waals surface area contributed by atoms with Crippen molar-refractivity contribution in [3.63, 3.8) is 0 Å². The van der Waals surface area contributed by atoms with Gasteiger partial charge in [0.2, 0.25) is 10.0 Å². The van der Waals surface area contributed by atoms with Crippen molar-refractivity contribution in [1.29, 1.82) is 0 Å². The van der Waals surface area contributed by atoms with Gasteiger partial charge in [0.15, 0.2) is 0 Å². The lowest BCUT2D eigenvalue weighted by molar-refractivity contribution is 0.588. The van der Waals surface area contributed by atoms with Gasteiger partial charge < -0.3 is 11.1 Å². The van der Waals surface area contributed by atoms with Crippen molar-refractivity contribution in [2.75, 3.05) is 24.6 Å². The predicted molar refractivity (Wildman–Crippen MR) is 91.3 cm³/mol. The molecule has 0 fully saturated rings. The third kappa shape index (κ3) is 4.19. The first-order chi connectivity index (χ1) is 9.92. The van der Waals surface area contributed by atoms with E-state index in [0.717, 1.165) is 10.2 Å². The molecule has 0 radical (unpaired) electrons. The Balaban J connectivity index is 2.13. The highest BCUT2D eigenvalue weighted by Gasteiger charge is 2.16. The molecule has 0 aliphatic carbocycles. The van der Waals surface area contributed by atoms with Gasteiger partial charge in [-0.05, 0) is 59.7 Å². The number of nitrogens with one attached hydrogen (secondary N) is 2. The van der Waals surface area contributed by atoms with Crippen LogP contribution in [0.4, 0.5) is 11.4 Å². The molecule has 0 unspecified atom stereocenters. The van der Waals surface area contributed by atoms with E-state index in [-0.39, 0.29) is 4.90 Å². The van der Waals surface area contributed by atoms with Crippen LogP contribution < -0.4 is 15.8 Å². The van der Waals surface area contributed by atoms with Crippen LogP contribution in [0.25, 0.3) is 0 Å². The fourth-order valence-electron chi connectivity index (χ4n) is 1.82. The Morgan fingerprint density at radius 3 is 2.67 bits per heavy atom. The lowest BCUT2D eigenvalue weighted by Crippen LogP contribution is -2.20. The SMILES string of the molecule is CNS(=O)(=O)c1cc(N)ccc1NCCc1ccc(Br)s1. The Hall–Kier alpha value is -1.09. The summed E-state index contributed by atoms with van der Waals surface area (Å²) in [6.45, 7) is 0.642. The second-order valence-electron chi connectivity index (χ2n) is 4.35. The summed E-state index contributed by atoms with van der Waals surface area (Å²) in [6, 6.07) is 8.86. The van der Waals surface area contributed by atoms with E-state index in [4.69, 9.17) is 5.73 Å². The van der Waals surface area contributed by atoms with Crippen molar-refractivity contribution in [2.24, 2.45) is 0 Å². The van der Waals surface area contributed by atoms with E-state index in [1.165, 1.54) is 18.0 Å². The number of benzene rings is 1. The van der Waals surface area contributed by atoms with E-state index in [2.05, 4.69) is 26.0 Å². The van der Waals surface area contributed by atoms with E-state index >= 15 is 0 Å². The zero-order chi connectivity index (χ0) is 15.5. The number of halogens is 1. The molecule has 1 aromatic heterocycles. The average molecular weight is 390 g/mol. The van der Waals surface area contributed by atoms with Crippen LogP contribution in [0.15, 0.2) is 39.0 Å². The quantitative estimate of drug-likeness (QED) is 0.663. The van der Waals surface area contributed by atoms with Gasteiger partial charge in [0.25, 0.3) is 0 Å². The van der Waals surface area contributed by atoms with Crippen molar-refractivity contribution >= 4 is 48.7 Å². The standard InChI is InChI=1S/C13H16BrN3O2S2/c1-16-21(18,19)12-8-9(15)2-4-11(12)17-7-6-10-3-5-13(14)20-10/h2-5,8,16-17H,6-7,15H2,1H3. The molecule has 1 heterocycles. The number of hydrogen-bond donors (Lipinski definition) is 3. The van der Waals surface area contributed by atoms with Crippen LogP contribution in [0.5, 0.6) is 0 Å². The molecule has 0 bridgehead atoms. The zero-order valence-electron chi connectivity index (χ0n) is 11.4. The highest BCUT2D eigenvalue weighted by Crippen LogP contribution is 2.25. The van der Waals surface area contributed by atoms with Gasteiger partial charge in [0.05, 0.1) is 9.47 Å². The number of nitrogens with two attached hydrogens (primary N) is 1. The van der Waals surface area contributed by atoms with Crippen molar-refractivity contribution in [3.05, 3.63) is 39.0 Å². The molecule has 2 rings (SSSR count). The number of thiophene rings is 1. The van der Waals surface area contributed by atoms with Gasteiger partial charge in [-0.15, -0.1) is 11.3 Å². The first kappa shape index (κ1) is 16.3. The van der Waals surface area contributed by atoms with Crippen molar-refractivity contribution in [1.82, 2.24) is 4.72 Å². The summed E-state index contributed by atoms with van der Waals surface area (Å²) in [5.41, 5.74) is 6.64. The molecule has 5 nitrogen and oxygen atoms in total. The molecule has 0 atom stereocenters. The predicted octanol–water partition coefficient (Wildman–Crippen LogP) is 2.66. The smallest absolute Gasteiger partial charge is 0.242 e. The largest absolute Gasteiger partial charge is 0.399 e. The normalized spacial score (nSPS) is 11.5. The second kappa shape index (κ2) is 6.78. The molecule has 0 saturated carbocycles. The molecule has 0 aliphatic rings. The minimum atomic E-state index is -3.54. The Bertz CT molecular complexity index is 729. The minimum Gasteiger partial charge on any atom is -0.399 e. The summed E-state index contributed by atoms with van der Waals surface area (Å²) in [5, 5.41) is 3.16. The molecule has 0 spiro atoms. The van der Waals surface area contributed by atoms with E-state index in [9.17, 15) is 8.42 Å². The average Bonchev–Trinajstić information content (AvgIpc) is 2.86. The van der Waals surface area contributed by atoms with Crippen molar-refractivity contribution in [3.8, 4) is 0 Å². The summed E-state index contributed by atoms with van der Waals surface area (Å²) < 4.78 is 27.4. The maximum atomic E-state index is 12.0. The van der Waals surface area contributed by atoms with Gasteiger partial charge in [0, 0.05) is 17.1 Å². The van der Waals surface area contributed by atoms with E-state index in [1.807, 2.05) is 12.1 Å². The van der Waals surface area contributed by atoms with Gasteiger partial charge in [0.1, 0.15) is 4.90 Å². The Morgan fingerprint density at radius 1 is 1.29 bits per heavy atom. The first-order valence-corrected chi connectivity index (χ1v) is 9.33. The van der Waals surface area contributed by atoms with Crippen LogP contribution in [0.3, 0.4) is 0 Å². The molecular weight excluding hydrogens is 374 g/mol. The summed E-state index contributed by atoms with van der Waals surface area (Å²) in [5.74, 6) is 0. The first-order valence-electron chi connectivity index (χ1n) is 6.23. The molecule has 2 aromatic rings. The molecule has 8 heteroatoms. The van der Waals surface area contributed by atoms with Crippen LogP contribution in [0.1, 0.15) is 4.88 Å². The number of rotatable bonds is 6. The highest BCUT2D eigenvalue weighted by atomic mass is 79.9. The topological polar surface area (TPSA) is 84.2 Å². The third-order valence-corrected chi connectivity index (χ3v) is 6.02. The molecule has 1 aromatic carbocycles. The molecule has 0 saturated heterocycles. The van der Waals surface area contributed by atoms with Crippen molar-refractivity contribution in [2.45, 2.75) is 11.3 Å². The fourth-order valence-corrected chi connectivity index (χ4v) is 4.25. The summed E-state index contributed by atoms with van der Waals surface area (Å²) in [4.78, 5) is 1.39. The highest BCUT2D eigenvalue weighted by molar-refractivity contribution is 9.11. The van der Waals surface area contributed by atoms with Crippen LogP contribution in [-0.2, 0) is 16.4 Å². The number of anilines is 2. The van der Waals surface area contributed by atoms with Gasteiger partial charge >= 0.3 is 0 Å². The lowest BCUT2D eigenvalue weighted by Gasteiger charge is -2.12. The van der Waals surface area contributed by atoms with Gasteiger partial charge in [-0.2, -0.15) is 0 Å². The van der Waals surface area contributed by atoms with Crippen LogP contribution >= 0.6 is 27.3 Å². The number of hydrogen-bond acceptors (Lipinski definition) is 5. The molecule has 0 amide bonds.